The van der Waals surface area contributed by atoms with E-state index in [1.165, 1.54) is 0 Å². The number of benzene rings is 1. The molecule has 29 heavy (non-hydrogen) atoms. The minimum absolute atomic E-state index is 0.0347. The van der Waals surface area contributed by atoms with Crippen molar-refractivity contribution in [3.05, 3.63) is 18.2 Å². The second-order valence-corrected chi connectivity index (χ2v) is 11.4. The van der Waals surface area contributed by atoms with Crippen LogP contribution in [0, 0.1) is 11.3 Å². The third kappa shape index (κ3) is 5.05. The van der Waals surface area contributed by atoms with Gasteiger partial charge < -0.3 is 9.64 Å². The molecule has 0 bridgehead atoms. The van der Waals surface area contributed by atoms with Gasteiger partial charge in [0.2, 0.25) is 15.9 Å². The van der Waals surface area contributed by atoms with Crippen molar-refractivity contribution >= 4 is 27.3 Å². The summed E-state index contributed by atoms with van der Waals surface area (Å²) in [7, 11) is -3.43. The van der Waals surface area contributed by atoms with E-state index in [9.17, 15) is 13.2 Å². The molecule has 0 atom stereocenters. The third-order valence-electron chi connectivity index (χ3n) is 5.84. The van der Waals surface area contributed by atoms with Gasteiger partial charge in [0.1, 0.15) is 12.4 Å². The Bertz CT molecular complexity index is 842. The molecule has 1 saturated carbocycles. The van der Waals surface area contributed by atoms with E-state index in [4.69, 9.17) is 4.74 Å². The van der Waals surface area contributed by atoms with Crippen LogP contribution in [-0.2, 0) is 14.8 Å². The maximum absolute atomic E-state index is 13.1. The molecule has 0 unspecified atom stereocenters. The Morgan fingerprint density at radius 3 is 2.55 bits per heavy atom. The zero-order valence-electron chi connectivity index (χ0n) is 18.0. The van der Waals surface area contributed by atoms with Crippen molar-refractivity contribution < 1.29 is 17.9 Å². The molecule has 2 aliphatic rings. The van der Waals surface area contributed by atoms with Gasteiger partial charge >= 0.3 is 0 Å². The first-order valence-electron chi connectivity index (χ1n) is 10.7. The lowest BCUT2D eigenvalue weighted by molar-refractivity contribution is -0.127. The lowest BCUT2D eigenvalue weighted by Gasteiger charge is -2.28. The minimum Gasteiger partial charge on any atom is -0.490 e. The minimum atomic E-state index is -3.43. The fourth-order valence-electron chi connectivity index (χ4n) is 3.94. The molecule has 0 spiro atoms. The molecule has 7 heteroatoms. The molecule has 1 heterocycles. The van der Waals surface area contributed by atoms with Crippen molar-refractivity contribution in [2.24, 2.45) is 11.3 Å². The van der Waals surface area contributed by atoms with Gasteiger partial charge in [0.05, 0.1) is 22.0 Å². The highest BCUT2D eigenvalue weighted by atomic mass is 32.2. The molecule has 1 fully saturated rings. The van der Waals surface area contributed by atoms with Crippen LogP contribution in [0.3, 0.4) is 0 Å². The number of hydrogen-bond donors (Lipinski definition) is 1. The summed E-state index contributed by atoms with van der Waals surface area (Å²) in [6.07, 6.45) is 5.33. The van der Waals surface area contributed by atoms with Crippen LogP contribution in [0.15, 0.2) is 18.2 Å². The van der Waals surface area contributed by atoms with Crippen LogP contribution in [0.4, 0.5) is 11.4 Å². The molecular formula is C22H34N2O4S. The van der Waals surface area contributed by atoms with E-state index in [0.717, 1.165) is 25.7 Å². The molecule has 0 radical (unpaired) electrons. The molecule has 1 aromatic rings. The van der Waals surface area contributed by atoms with Crippen LogP contribution >= 0.6 is 0 Å². The Morgan fingerprint density at radius 2 is 1.90 bits per heavy atom. The lowest BCUT2D eigenvalue weighted by Crippen LogP contribution is -2.42. The van der Waals surface area contributed by atoms with Gasteiger partial charge in [0, 0.05) is 12.6 Å². The van der Waals surface area contributed by atoms with Crippen molar-refractivity contribution in [2.45, 2.75) is 71.5 Å². The average molecular weight is 423 g/mol. The summed E-state index contributed by atoms with van der Waals surface area (Å²) in [4.78, 5) is 14.9. The van der Waals surface area contributed by atoms with Gasteiger partial charge in [0.15, 0.2) is 0 Å². The van der Waals surface area contributed by atoms with Crippen LogP contribution in [0.25, 0.3) is 0 Å². The fourth-order valence-corrected chi connectivity index (χ4v) is 5.52. The number of hydrogen-bond acceptors (Lipinski definition) is 4. The maximum atomic E-state index is 13.1. The number of ether oxygens (including phenoxy) is 1. The Hall–Kier alpha value is -1.76. The van der Waals surface area contributed by atoms with Crippen molar-refractivity contribution in [1.29, 1.82) is 0 Å². The van der Waals surface area contributed by atoms with Crippen molar-refractivity contribution in [2.75, 3.05) is 22.8 Å². The van der Waals surface area contributed by atoms with E-state index in [1.54, 1.807) is 23.1 Å². The van der Waals surface area contributed by atoms with E-state index in [0.29, 0.717) is 42.4 Å². The van der Waals surface area contributed by atoms with Crippen LogP contribution in [0.2, 0.25) is 0 Å². The molecule has 1 N–H and O–H groups in total. The van der Waals surface area contributed by atoms with Crippen molar-refractivity contribution in [3.63, 3.8) is 0 Å². The van der Waals surface area contributed by atoms with Gasteiger partial charge in [-0.05, 0) is 51.2 Å². The van der Waals surface area contributed by atoms with E-state index >= 15 is 0 Å². The highest BCUT2D eigenvalue weighted by molar-refractivity contribution is 7.93. The summed E-state index contributed by atoms with van der Waals surface area (Å²) in [6.45, 7) is 8.91. The Morgan fingerprint density at radius 1 is 1.21 bits per heavy atom. The molecule has 162 valence electrons. The SMILES string of the molecule is CC(C)CCN1C(=O)C(C)(C)COc2cc(NS(=O)(=O)C3CCCCC3)ccc21. The highest BCUT2D eigenvalue weighted by Crippen LogP contribution is 2.39. The summed E-state index contributed by atoms with van der Waals surface area (Å²) in [6, 6.07) is 5.25. The predicted molar refractivity (Wildman–Crippen MR) is 117 cm³/mol. The van der Waals surface area contributed by atoms with Crippen LogP contribution in [0.1, 0.15) is 66.2 Å². The largest absolute Gasteiger partial charge is 0.490 e. The zero-order chi connectivity index (χ0) is 21.2. The molecular weight excluding hydrogens is 388 g/mol. The molecule has 3 rings (SSSR count). The van der Waals surface area contributed by atoms with Crippen LogP contribution in [0.5, 0.6) is 5.75 Å². The summed E-state index contributed by atoms with van der Waals surface area (Å²) >= 11 is 0. The molecule has 1 aromatic carbocycles. The first-order chi connectivity index (χ1) is 13.6. The number of carbonyl (C=O) groups excluding carboxylic acids is 1. The van der Waals surface area contributed by atoms with Crippen LogP contribution < -0.4 is 14.4 Å². The normalized spacial score (nSPS) is 20.2. The van der Waals surface area contributed by atoms with Crippen molar-refractivity contribution in [3.8, 4) is 5.75 Å². The van der Waals surface area contributed by atoms with E-state index in [-0.39, 0.29) is 17.8 Å². The quantitative estimate of drug-likeness (QED) is 0.729. The van der Waals surface area contributed by atoms with E-state index < -0.39 is 15.4 Å². The second kappa shape index (κ2) is 8.54. The molecule has 1 aliphatic carbocycles. The number of fused-ring (bicyclic) bond motifs is 1. The third-order valence-corrected chi connectivity index (χ3v) is 7.71. The second-order valence-electron chi connectivity index (χ2n) is 9.40. The molecule has 6 nitrogen and oxygen atoms in total. The topological polar surface area (TPSA) is 75.7 Å². The number of nitrogens with one attached hydrogen (secondary N) is 1. The monoisotopic (exact) mass is 422 g/mol. The Kier molecular flexibility index (Phi) is 6.46. The van der Waals surface area contributed by atoms with Crippen LogP contribution in [-0.4, -0.2) is 32.7 Å². The average Bonchev–Trinajstić information content (AvgIpc) is 2.76. The summed E-state index contributed by atoms with van der Waals surface area (Å²) in [5, 5.41) is -0.334. The number of sulfonamides is 1. The summed E-state index contributed by atoms with van der Waals surface area (Å²) < 4.78 is 34.3. The van der Waals surface area contributed by atoms with Crippen molar-refractivity contribution in [1.82, 2.24) is 0 Å². The Labute approximate surface area is 175 Å². The first-order valence-corrected chi connectivity index (χ1v) is 12.3. The van der Waals surface area contributed by atoms with Gasteiger partial charge in [-0.1, -0.05) is 33.1 Å². The lowest BCUT2D eigenvalue weighted by atomic mass is 9.92. The van der Waals surface area contributed by atoms with Gasteiger partial charge in [-0.2, -0.15) is 0 Å². The first kappa shape index (κ1) is 21.9. The smallest absolute Gasteiger partial charge is 0.236 e. The standard InChI is InChI=1S/C22H34N2O4S/c1-16(2)12-13-24-19-11-10-17(14-20(19)28-15-22(3,4)21(24)25)23-29(26,27)18-8-6-5-7-9-18/h10-11,14,16,18,23H,5-9,12-13,15H2,1-4H3. The predicted octanol–water partition coefficient (Wildman–Crippen LogP) is 4.56. The van der Waals surface area contributed by atoms with E-state index in [2.05, 4.69) is 18.6 Å². The molecule has 1 aliphatic heterocycles. The molecule has 0 saturated heterocycles. The maximum Gasteiger partial charge on any atom is 0.236 e. The zero-order valence-corrected chi connectivity index (χ0v) is 18.8. The fraction of sp³-hybridized carbons (Fsp3) is 0.682. The summed E-state index contributed by atoms with van der Waals surface area (Å²) in [5.74, 6) is 1.06. The van der Waals surface area contributed by atoms with Gasteiger partial charge in [-0.3, -0.25) is 9.52 Å². The molecule has 1 amide bonds. The number of carbonyl (C=O) groups is 1. The number of nitrogens with zero attached hydrogens (tertiary/aromatic N) is 1. The number of amides is 1. The number of anilines is 2. The van der Waals surface area contributed by atoms with E-state index in [1.807, 2.05) is 13.8 Å². The highest BCUT2D eigenvalue weighted by Gasteiger charge is 2.38. The van der Waals surface area contributed by atoms with Gasteiger partial charge in [-0.15, -0.1) is 0 Å². The summed E-state index contributed by atoms with van der Waals surface area (Å²) in [5.41, 5.74) is 0.560. The number of rotatable bonds is 6. The van der Waals surface area contributed by atoms with Gasteiger partial charge in [0.25, 0.3) is 0 Å². The Balaban J connectivity index is 1.87. The van der Waals surface area contributed by atoms with Gasteiger partial charge in [-0.25, -0.2) is 8.42 Å². The molecule has 0 aromatic heterocycles.